The Hall–Kier alpha value is -2.21. The van der Waals surface area contributed by atoms with Crippen LogP contribution in [0, 0.1) is 5.82 Å². The van der Waals surface area contributed by atoms with E-state index in [9.17, 15) is 14.0 Å². The minimum atomic E-state index is -0.416. The minimum absolute atomic E-state index is 0.149. The lowest BCUT2D eigenvalue weighted by molar-refractivity contribution is 0.0666. The smallest absolute Gasteiger partial charge is 0.256 e. The average molecular weight is 303 g/mol. The number of nitrogens with zero attached hydrogens (tertiary/aromatic N) is 3. The van der Waals surface area contributed by atoms with Gasteiger partial charge in [0.2, 0.25) is 5.91 Å². The van der Waals surface area contributed by atoms with Gasteiger partial charge >= 0.3 is 0 Å². The number of carbonyl (C=O) groups excluding carboxylic acids is 2. The highest BCUT2D eigenvalue weighted by atomic mass is 19.1. The Balaban J connectivity index is 2.04. The molecule has 5 nitrogen and oxygen atoms in total. The monoisotopic (exact) mass is 303 g/mol. The van der Waals surface area contributed by atoms with Crippen molar-refractivity contribution in [1.82, 2.24) is 14.4 Å². The molecular weight excluding hydrogens is 285 g/mol. The van der Waals surface area contributed by atoms with Gasteiger partial charge in [0.15, 0.2) is 0 Å². The first-order valence-corrected chi connectivity index (χ1v) is 7.27. The molecule has 1 aromatic heterocycles. The van der Waals surface area contributed by atoms with E-state index in [2.05, 4.69) is 4.90 Å². The number of hydrogen-bond acceptors (Lipinski definition) is 3. The normalized spacial score (nSPS) is 16.2. The van der Waals surface area contributed by atoms with Crippen LogP contribution in [0.1, 0.15) is 22.1 Å². The summed E-state index contributed by atoms with van der Waals surface area (Å²) in [6.07, 6.45) is 1.52. The van der Waals surface area contributed by atoms with Gasteiger partial charge in [-0.2, -0.15) is 0 Å². The van der Waals surface area contributed by atoms with Crippen molar-refractivity contribution in [3.05, 3.63) is 35.8 Å². The van der Waals surface area contributed by atoms with E-state index in [-0.39, 0.29) is 11.8 Å². The van der Waals surface area contributed by atoms with Crippen LogP contribution in [0.25, 0.3) is 10.9 Å². The Morgan fingerprint density at radius 3 is 2.45 bits per heavy atom. The number of benzene rings is 1. The summed E-state index contributed by atoms with van der Waals surface area (Å²) in [6, 6.07) is 4.15. The quantitative estimate of drug-likeness (QED) is 0.807. The van der Waals surface area contributed by atoms with Gasteiger partial charge in [0, 0.05) is 44.7 Å². The van der Waals surface area contributed by atoms with Crippen molar-refractivity contribution in [2.75, 3.05) is 33.2 Å². The zero-order chi connectivity index (χ0) is 15.9. The summed E-state index contributed by atoms with van der Waals surface area (Å²) >= 11 is 0. The summed E-state index contributed by atoms with van der Waals surface area (Å²) in [5.41, 5.74) is 0.945. The van der Waals surface area contributed by atoms with E-state index in [1.165, 1.54) is 35.9 Å². The molecular formula is C16H18FN3O2. The molecule has 116 valence electrons. The summed E-state index contributed by atoms with van der Waals surface area (Å²) in [6.45, 7) is 4.32. The second kappa shape index (κ2) is 5.53. The molecule has 0 spiro atoms. The summed E-state index contributed by atoms with van der Waals surface area (Å²) in [5.74, 6) is -0.765. The number of rotatable bonds is 1. The second-order valence-electron chi connectivity index (χ2n) is 5.69. The molecule has 0 unspecified atom stereocenters. The van der Waals surface area contributed by atoms with Gasteiger partial charge in [0.05, 0.1) is 11.1 Å². The van der Waals surface area contributed by atoms with Crippen molar-refractivity contribution in [1.29, 1.82) is 0 Å². The predicted octanol–water partition coefficient (Wildman–Crippen LogP) is 1.83. The third-order valence-corrected chi connectivity index (χ3v) is 4.13. The number of likely N-dealkylation sites (N-methyl/N-ethyl adjacent to an activating group) is 1. The standard InChI is InChI=1S/C16H18FN3O2/c1-11(21)20-10-14(13-9-12(17)3-4-15(13)20)16(22)19-7-5-18(2)6-8-19/h3-4,9-10H,5-8H2,1-2H3. The molecule has 6 heteroatoms. The molecule has 1 fully saturated rings. The lowest BCUT2D eigenvalue weighted by atomic mass is 10.1. The fraction of sp³-hybridized carbons (Fsp3) is 0.375. The molecule has 1 saturated heterocycles. The van der Waals surface area contributed by atoms with E-state index >= 15 is 0 Å². The Morgan fingerprint density at radius 2 is 1.82 bits per heavy atom. The molecule has 1 aromatic carbocycles. The van der Waals surface area contributed by atoms with Crippen molar-refractivity contribution >= 4 is 22.7 Å². The second-order valence-corrected chi connectivity index (χ2v) is 5.69. The van der Waals surface area contributed by atoms with E-state index in [4.69, 9.17) is 0 Å². The maximum absolute atomic E-state index is 13.6. The highest BCUT2D eigenvalue weighted by Crippen LogP contribution is 2.24. The number of hydrogen-bond donors (Lipinski definition) is 0. The van der Waals surface area contributed by atoms with Gasteiger partial charge in [-0.15, -0.1) is 0 Å². The zero-order valence-corrected chi connectivity index (χ0v) is 12.7. The Morgan fingerprint density at radius 1 is 1.14 bits per heavy atom. The molecule has 0 bridgehead atoms. The van der Waals surface area contributed by atoms with Crippen molar-refractivity contribution in [3.63, 3.8) is 0 Å². The van der Waals surface area contributed by atoms with Gasteiger partial charge in [0.25, 0.3) is 5.91 Å². The molecule has 2 aromatic rings. The highest BCUT2D eigenvalue weighted by molar-refractivity contribution is 6.09. The van der Waals surface area contributed by atoms with Gasteiger partial charge in [-0.3, -0.25) is 14.2 Å². The van der Waals surface area contributed by atoms with E-state index in [1.54, 1.807) is 4.90 Å². The fourth-order valence-electron chi connectivity index (χ4n) is 2.81. The van der Waals surface area contributed by atoms with Crippen LogP contribution in [0.5, 0.6) is 0 Å². The Kier molecular flexibility index (Phi) is 3.70. The van der Waals surface area contributed by atoms with Gasteiger partial charge < -0.3 is 9.80 Å². The molecule has 1 aliphatic rings. The summed E-state index contributed by atoms with van der Waals surface area (Å²) in [7, 11) is 2.01. The lowest BCUT2D eigenvalue weighted by Crippen LogP contribution is -2.47. The summed E-state index contributed by atoms with van der Waals surface area (Å²) in [4.78, 5) is 28.4. The van der Waals surface area contributed by atoms with E-state index in [0.29, 0.717) is 29.6 Å². The third-order valence-electron chi connectivity index (χ3n) is 4.13. The molecule has 1 aliphatic heterocycles. The largest absolute Gasteiger partial charge is 0.336 e. The van der Waals surface area contributed by atoms with E-state index < -0.39 is 5.82 Å². The maximum atomic E-state index is 13.6. The first kappa shape index (κ1) is 14.7. The van der Waals surface area contributed by atoms with Crippen LogP contribution in [-0.4, -0.2) is 59.4 Å². The summed E-state index contributed by atoms with van der Waals surface area (Å²) < 4.78 is 15.0. The predicted molar refractivity (Wildman–Crippen MR) is 81.6 cm³/mol. The first-order valence-electron chi connectivity index (χ1n) is 7.27. The van der Waals surface area contributed by atoms with E-state index in [0.717, 1.165) is 13.1 Å². The number of halogens is 1. The van der Waals surface area contributed by atoms with Crippen LogP contribution < -0.4 is 0 Å². The van der Waals surface area contributed by atoms with Crippen LogP contribution in [-0.2, 0) is 0 Å². The van der Waals surface area contributed by atoms with Gasteiger partial charge in [-0.25, -0.2) is 4.39 Å². The van der Waals surface area contributed by atoms with Crippen LogP contribution >= 0.6 is 0 Å². The summed E-state index contributed by atoms with van der Waals surface area (Å²) in [5, 5.41) is 0.485. The topological polar surface area (TPSA) is 45.6 Å². The highest BCUT2D eigenvalue weighted by Gasteiger charge is 2.24. The molecule has 2 heterocycles. The molecule has 0 aliphatic carbocycles. The number of fused-ring (bicyclic) bond motifs is 1. The zero-order valence-electron chi connectivity index (χ0n) is 12.7. The number of carbonyl (C=O) groups is 2. The fourth-order valence-corrected chi connectivity index (χ4v) is 2.81. The molecule has 0 radical (unpaired) electrons. The van der Waals surface area contributed by atoms with Crippen LogP contribution in [0.2, 0.25) is 0 Å². The third kappa shape index (κ3) is 2.50. The van der Waals surface area contributed by atoms with Gasteiger partial charge in [-0.05, 0) is 25.2 Å². The SMILES string of the molecule is CC(=O)n1cc(C(=O)N2CCN(C)CC2)c2cc(F)ccc21. The Labute approximate surface area is 127 Å². The molecule has 3 rings (SSSR count). The molecule has 0 saturated carbocycles. The Bertz CT molecular complexity index is 745. The van der Waals surface area contributed by atoms with Gasteiger partial charge in [0.1, 0.15) is 5.82 Å². The van der Waals surface area contributed by atoms with Crippen molar-refractivity contribution in [3.8, 4) is 0 Å². The molecule has 0 N–H and O–H groups in total. The van der Waals surface area contributed by atoms with Crippen molar-refractivity contribution in [2.45, 2.75) is 6.92 Å². The van der Waals surface area contributed by atoms with Crippen LogP contribution in [0.4, 0.5) is 4.39 Å². The van der Waals surface area contributed by atoms with Crippen LogP contribution in [0.15, 0.2) is 24.4 Å². The molecule has 1 amide bonds. The minimum Gasteiger partial charge on any atom is -0.336 e. The number of aromatic nitrogens is 1. The molecule has 0 atom stereocenters. The van der Waals surface area contributed by atoms with Crippen molar-refractivity contribution in [2.24, 2.45) is 0 Å². The van der Waals surface area contributed by atoms with Crippen molar-refractivity contribution < 1.29 is 14.0 Å². The average Bonchev–Trinajstić information content (AvgIpc) is 2.86. The molecule has 22 heavy (non-hydrogen) atoms. The maximum Gasteiger partial charge on any atom is 0.256 e. The number of amides is 1. The van der Waals surface area contributed by atoms with E-state index in [1.807, 2.05) is 7.05 Å². The van der Waals surface area contributed by atoms with Crippen LogP contribution in [0.3, 0.4) is 0 Å². The number of piperazine rings is 1. The lowest BCUT2D eigenvalue weighted by Gasteiger charge is -2.32. The first-order chi connectivity index (χ1) is 10.5. The van der Waals surface area contributed by atoms with Gasteiger partial charge in [-0.1, -0.05) is 0 Å².